The molecule has 6 atom stereocenters. The fourth-order valence-electron chi connectivity index (χ4n) is 6.47. The number of carbonyl (C=O) groups is 5. The monoisotopic (exact) mass is 538 g/mol. The first-order valence-corrected chi connectivity index (χ1v) is 13.9. The van der Waals surface area contributed by atoms with Crippen molar-refractivity contribution in [3.8, 4) is 0 Å². The number of thiazole rings is 1. The van der Waals surface area contributed by atoms with Crippen LogP contribution in [0.3, 0.4) is 0 Å². The van der Waals surface area contributed by atoms with E-state index in [9.17, 15) is 24.0 Å². The Labute approximate surface area is 223 Å². The van der Waals surface area contributed by atoms with Crippen molar-refractivity contribution in [3.05, 3.63) is 29.3 Å². The summed E-state index contributed by atoms with van der Waals surface area (Å²) in [4.78, 5) is 70.9. The Kier molecular flexibility index (Phi) is 6.01. The van der Waals surface area contributed by atoms with Crippen molar-refractivity contribution in [1.82, 2.24) is 20.5 Å². The number of piperidine rings is 1. The zero-order valence-corrected chi connectivity index (χ0v) is 22.1. The Bertz CT molecular complexity index is 1320. The number of likely N-dealkylation sites (tertiary alicyclic amines) is 1. The summed E-state index contributed by atoms with van der Waals surface area (Å²) < 4.78 is 6.07. The predicted octanol–water partition coefficient (Wildman–Crippen LogP) is 1.68. The van der Waals surface area contributed by atoms with E-state index in [1.54, 1.807) is 0 Å². The molecule has 4 heterocycles. The first kappa shape index (κ1) is 25.0. The molecule has 10 nitrogen and oxygen atoms in total. The van der Waals surface area contributed by atoms with Crippen LogP contribution in [-0.2, 0) is 23.9 Å². The van der Waals surface area contributed by atoms with E-state index in [2.05, 4.69) is 29.5 Å². The van der Waals surface area contributed by atoms with E-state index in [-0.39, 0.29) is 52.7 Å². The van der Waals surface area contributed by atoms with Gasteiger partial charge in [0.1, 0.15) is 6.04 Å². The molecule has 1 aliphatic carbocycles. The van der Waals surface area contributed by atoms with Gasteiger partial charge in [0.25, 0.3) is 5.91 Å². The summed E-state index contributed by atoms with van der Waals surface area (Å²) in [5.74, 6) is -1.97. The summed E-state index contributed by atoms with van der Waals surface area (Å²) in [5, 5.41) is 5.99. The minimum Gasteiger partial charge on any atom is -0.452 e. The van der Waals surface area contributed by atoms with Crippen LogP contribution in [-0.4, -0.2) is 70.6 Å². The highest BCUT2D eigenvalue weighted by atomic mass is 32.1. The number of cyclic esters (lactones) is 1. The van der Waals surface area contributed by atoms with Crippen molar-refractivity contribution in [2.75, 3.05) is 13.1 Å². The molecule has 38 heavy (non-hydrogen) atoms. The van der Waals surface area contributed by atoms with Gasteiger partial charge in [-0.1, -0.05) is 26.0 Å². The van der Waals surface area contributed by atoms with Crippen LogP contribution in [0.5, 0.6) is 0 Å². The Hall–Kier alpha value is -3.34. The number of fused-ring (bicyclic) bond motifs is 2. The van der Waals surface area contributed by atoms with E-state index >= 15 is 0 Å². The van der Waals surface area contributed by atoms with Crippen molar-refractivity contribution in [3.63, 3.8) is 0 Å². The van der Waals surface area contributed by atoms with Crippen LogP contribution in [0.2, 0.25) is 0 Å². The molecule has 1 saturated carbocycles. The first-order valence-electron chi connectivity index (χ1n) is 13.1. The Morgan fingerprint density at radius 2 is 2.03 bits per heavy atom. The van der Waals surface area contributed by atoms with Gasteiger partial charge in [-0.3, -0.25) is 24.0 Å². The van der Waals surface area contributed by atoms with E-state index < -0.39 is 36.0 Å². The molecule has 3 saturated heterocycles. The molecule has 3 aliphatic heterocycles. The number of ether oxygens (including phenoxy) is 1. The molecule has 4 aliphatic rings. The summed E-state index contributed by atoms with van der Waals surface area (Å²) in [6, 6.07) is 5.70. The molecule has 0 spiro atoms. The van der Waals surface area contributed by atoms with Crippen LogP contribution >= 0.6 is 11.3 Å². The number of hydrogen-bond donors (Lipinski definition) is 2. The maximum atomic E-state index is 13.9. The highest BCUT2D eigenvalue weighted by Crippen LogP contribution is 2.65. The second kappa shape index (κ2) is 9.14. The van der Waals surface area contributed by atoms with E-state index in [1.807, 2.05) is 24.3 Å². The van der Waals surface area contributed by atoms with Crippen LogP contribution in [0.15, 0.2) is 24.3 Å². The predicted molar refractivity (Wildman–Crippen MR) is 137 cm³/mol. The fourth-order valence-corrected chi connectivity index (χ4v) is 7.43. The van der Waals surface area contributed by atoms with Crippen LogP contribution in [0.25, 0.3) is 10.2 Å². The number of nitrogens with one attached hydrogen (secondary N) is 2. The zero-order valence-electron chi connectivity index (χ0n) is 21.3. The molecular weight excluding hydrogens is 508 g/mol. The van der Waals surface area contributed by atoms with Crippen molar-refractivity contribution in [2.45, 2.75) is 57.7 Å². The number of benzene rings is 1. The van der Waals surface area contributed by atoms with Gasteiger partial charge in [0.05, 0.1) is 16.3 Å². The molecule has 1 aromatic carbocycles. The van der Waals surface area contributed by atoms with Gasteiger partial charge in [0, 0.05) is 31.8 Å². The molecule has 2 aromatic rings. The highest BCUT2D eigenvalue weighted by molar-refractivity contribution is 7.20. The van der Waals surface area contributed by atoms with Gasteiger partial charge in [-0.15, -0.1) is 11.3 Å². The Morgan fingerprint density at radius 3 is 2.71 bits per heavy atom. The van der Waals surface area contributed by atoms with E-state index in [0.29, 0.717) is 31.4 Å². The smallest absolute Gasteiger partial charge is 0.306 e. The normalized spacial score (nSPS) is 30.1. The van der Waals surface area contributed by atoms with E-state index in [4.69, 9.17) is 4.74 Å². The molecule has 2 N–H and O–H groups in total. The van der Waals surface area contributed by atoms with E-state index in [1.165, 1.54) is 16.2 Å². The maximum Gasteiger partial charge on any atom is 0.306 e. The lowest BCUT2D eigenvalue weighted by Gasteiger charge is -2.32. The zero-order chi connectivity index (χ0) is 26.8. The van der Waals surface area contributed by atoms with Crippen molar-refractivity contribution >= 4 is 51.0 Å². The lowest BCUT2D eigenvalue weighted by atomic mass is 9.94. The second-order valence-corrected chi connectivity index (χ2v) is 12.4. The van der Waals surface area contributed by atoms with Crippen LogP contribution in [0, 0.1) is 23.2 Å². The van der Waals surface area contributed by atoms with Crippen molar-refractivity contribution < 1.29 is 28.7 Å². The molecule has 1 unspecified atom stereocenters. The quantitative estimate of drug-likeness (QED) is 0.405. The van der Waals surface area contributed by atoms with Crippen LogP contribution in [0.1, 0.15) is 49.3 Å². The number of nitrogens with zero attached hydrogens (tertiary/aromatic N) is 2. The molecule has 3 amide bonds. The molecule has 1 aromatic heterocycles. The van der Waals surface area contributed by atoms with Gasteiger partial charge in [0.15, 0.2) is 11.1 Å². The molecule has 11 heteroatoms. The summed E-state index contributed by atoms with van der Waals surface area (Å²) in [6.45, 7) is 5.09. The van der Waals surface area contributed by atoms with Crippen molar-refractivity contribution in [2.24, 2.45) is 23.2 Å². The topological polar surface area (TPSA) is 135 Å². The standard InChI is InChI=1S/C27H30N4O6S/c1-27(2)14-12-31(26(36)17-7-8-19(32)37-17)21(20(14)27)24(35)29-16(11-13-9-10-28-23(13)34)22(33)25-30-15-5-3-4-6-18(15)38-25/h3-6,13-14,16-17,20-21H,7-12H2,1-2H3,(H,28,34)(H,29,35)/t13-,14-,16?,17+,20-,21-/m0/s1. The minimum atomic E-state index is -0.959. The Morgan fingerprint density at radius 1 is 1.24 bits per heavy atom. The van der Waals surface area contributed by atoms with Gasteiger partial charge in [0.2, 0.25) is 17.6 Å². The van der Waals surface area contributed by atoms with Gasteiger partial charge in [-0.25, -0.2) is 4.98 Å². The van der Waals surface area contributed by atoms with E-state index in [0.717, 1.165) is 4.70 Å². The number of Topliss-reactive ketones (excluding diaryl/α,β-unsaturated/α-hetero) is 1. The third-order valence-electron chi connectivity index (χ3n) is 8.74. The molecule has 4 fully saturated rings. The average molecular weight is 539 g/mol. The second-order valence-electron chi connectivity index (χ2n) is 11.3. The third-order valence-corrected chi connectivity index (χ3v) is 9.79. The number of para-hydroxylation sites is 1. The van der Waals surface area contributed by atoms with Crippen LogP contribution < -0.4 is 10.6 Å². The number of esters is 1. The Balaban J connectivity index is 1.26. The largest absolute Gasteiger partial charge is 0.452 e. The fraction of sp³-hybridized carbons (Fsp3) is 0.556. The number of hydrogen-bond acceptors (Lipinski definition) is 8. The SMILES string of the molecule is CC1(C)[C@@H]2[C@@H](C(=O)NC(C[C@@H]3CCNC3=O)C(=O)c3nc4ccccc4s3)N(C(=O)[C@H]3CCC(=O)O3)C[C@@H]21. The molecule has 200 valence electrons. The first-order chi connectivity index (χ1) is 18.1. The average Bonchev–Trinajstić information content (AvgIpc) is 3.53. The lowest BCUT2D eigenvalue weighted by Crippen LogP contribution is -2.55. The lowest BCUT2D eigenvalue weighted by molar-refractivity contribution is -0.155. The number of ketones is 1. The van der Waals surface area contributed by atoms with Crippen LogP contribution in [0.4, 0.5) is 0 Å². The van der Waals surface area contributed by atoms with Crippen molar-refractivity contribution in [1.29, 1.82) is 0 Å². The minimum absolute atomic E-state index is 0.0588. The molecule has 6 rings (SSSR count). The maximum absolute atomic E-state index is 13.9. The number of aromatic nitrogens is 1. The summed E-state index contributed by atoms with van der Waals surface area (Å²) in [5.41, 5.74) is 0.578. The van der Waals surface area contributed by atoms with Gasteiger partial charge in [-0.2, -0.15) is 0 Å². The highest BCUT2D eigenvalue weighted by Gasteiger charge is 2.69. The number of carbonyl (C=O) groups excluding carboxylic acids is 5. The summed E-state index contributed by atoms with van der Waals surface area (Å²) in [7, 11) is 0. The van der Waals surface area contributed by atoms with Gasteiger partial charge in [-0.05, 0) is 42.2 Å². The molecule has 0 radical (unpaired) electrons. The summed E-state index contributed by atoms with van der Waals surface area (Å²) >= 11 is 1.26. The number of rotatable bonds is 7. The van der Waals surface area contributed by atoms with Gasteiger partial charge < -0.3 is 20.3 Å². The molecular formula is C27H30N4O6S. The van der Waals surface area contributed by atoms with Gasteiger partial charge >= 0.3 is 5.97 Å². The number of amides is 3. The third kappa shape index (κ3) is 4.16. The summed E-state index contributed by atoms with van der Waals surface area (Å²) in [6.07, 6.45) is 0.348. The molecule has 0 bridgehead atoms.